The van der Waals surface area contributed by atoms with Gasteiger partial charge in [-0.25, -0.2) is 0 Å². The Balaban J connectivity index is 1.90. The number of nitrogens with one attached hydrogen (secondary N) is 1. The molecular weight excluding hydrogens is 352 g/mol. The molecule has 3 rings (SSSR count). The van der Waals surface area contributed by atoms with Gasteiger partial charge in [0.25, 0.3) is 5.91 Å². The van der Waals surface area contributed by atoms with Crippen LogP contribution in [0, 0.1) is 0 Å². The second-order valence-electron chi connectivity index (χ2n) is 5.55. The van der Waals surface area contributed by atoms with E-state index in [1.54, 1.807) is 12.2 Å². The zero-order valence-corrected chi connectivity index (χ0v) is 15.3. The number of benzene rings is 2. The topological polar surface area (TPSA) is 32.3 Å². The Hall–Kier alpha value is -2.43. The van der Waals surface area contributed by atoms with Gasteiger partial charge in [-0.3, -0.25) is 9.69 Å². The first-order valence-corrected chi connectivity index (χ1v) is 8.76. The van der Waals surface area contributed by atoms with E-state index in [2.05, 4.69) is 5.32 Å². The Morgan fingerprint density at radius 2 is 1.84 bits per heavy atom. The van der Waals surface area contributed by atoms with Crippen LogP contribution in [0.25, 0.3) is 6.08 Å². The number of anilines is 1. The lowest BCUT2D eigenvalue weighted by Gasteiger charge is -2.17. The van der Waals surface area contributed by atoms with Gasteiger partial charge in [0, 0.05) is 5.03 Å². The number of nitrogens with zero attached hydrogens (tertiary/aromatic N) is 1. The van der Waals surface area contributed by atoms with Crippen molar-refractivity contribution in [3.8, 4) is 0 Å². The molecular formula is C20H17ClN2OS. The molecule has 1 fully saturated rings. The second kappa shape index (κ2) is 7.64. The minimum Gasteiger partial charge on any atom is -0.327 e. The molecule has 0 bridgehead atoms. The van der Waals surface area contributed by atoms with Gasteiger partial charge in [0.15, 0.2) is 5.11 Å². The summed E-state index contributed by atoms with van der Waals surface area (Å²) in [7, 11) is 0. The van der Waals surface area contributed by atoms with Crippen molar-refractivity contribution in [3.05, 3.63) is 82.5 Å². The number of rotatable bonds is 4. The second-order valence-corrected chi connectivity index (χ2v) is 6.37. The van der Waals surface area contributed by atoms with Crippen molar-refractivity contribution < 1.29 is 4.79 Å². The Bertz CT molecular complexity index is 874. The molecule has 2 aromatic carbocycles. The van der Waals surface area contributed by atoms with E-state index in [0.29, 0.717) is 15.8 Å². The average Bonchev–Trinajstić information content (AvgIpc) is 2.89. The molecule has 1 aliphatic heterocycles. The van der Waals surface area contributed by atoms with Gasteiger partial charge in [-0.15, -0.1) is 0 Å². The standard InChI is InChI=1S/C20H17ClN2OS/c1-2-15-10-6-7-11-18(15)23-19(24)17(22-20(23)25)13-16(21)12-14-8-4-3-5-9-14/h3-13H,2H2,1H3,(H,22,25)/b16-12-,17-13+. The third-order valence-electron chi connectivity index (χ3n) is 3.88. The molecule has 1 heterocycles. The van der Waals surface area contributed by atoms with Crippen molar-refractivity contribution >= 4 is 46.6 Å². The zero-order chi connectivity index (χ0) is 17.8. The number of halogens is 1. The van der Waals surface area contributed by atoms with Crippen LogP contribution in [0.1, 0.15) is 18.1 Å². The predicted molar refractivity (Wildman–Crippen MR) is 107 cm³/mol. The van der Waals surface area contributed by atoms with Crippen LogP contribution in [0.2, 0.25) is 0 Å². The van der Waals surface area contributed by atoms with Crippen LogP contribution in [0.3, 0.4) is 0 Å². The van der Waals surface area contributed by atoms with E-state index in [0.717, 1.165) is 23.2 Å². The molecule has 5 heteroatoms. The minimum absolute atomic E-state index is 0.203. The van der Waals surface area contributed by atoms with E-state index in [9.17, 15) is 4.79 Å². The van der Waals surface area contributed by atoms with Gasteiger partial charge in [-0.2, -0.15) is 0 Å². The minimum atomic E-state index is -0.203. The number of aryl methyl sites for hydroxylation is 1. The number of hydrogen-bond donors (Lipinski definition) is 1. The van der Waals surface area contributed by atoms with Crippen LogP contribution in [-0.4, -0.2) is 11.0 Å². The predicted octanol–water partition coefficient (Wildman–Crippen LogP) is 4.63. The first-order chi connectivity index (χ1) is 12.1. The Morgan fingerprint density at radius 1 is 1.16 bits per heavy atom. The van der Waals surface area contributed by atoms with Crippen LogP contribution in [0.5, 0.6) is 0 Å². The molecule has 2 aromatic rings. The lowest BCUT2D eigenvalue weighted by atomic mass is 10.1. The molecule has 3 nitrogen and oxygen atoms in total. The van der Waals surface area contributed by atoms with Gasteiger partial charge in [0.1, 0.15) is 5.70 Å². The summed E-state index contributed by atoms with van der Waals surface area (Å²) in [6.45, 7) is 2.05. The van der Waals surface area contributed by atoms with Crippen molar-refractivity contribution in [3.63, 3.8) is 0 Å². The molecule has 0 aliphatic carbocycles. The number of hydrogen-bond acceptors (Lipinski definition) is 2. The number of thiocarbonyl (C=S) groups is 1. The molecule has 1 saturated heterocycles. The molecule has 0 saturated carbocycles. The third kappa shape index (κ3) is 3.81. The highest BCUT2D eigenvalue weighted by Gasteiger charge is 2.32. The van der Waals surface area contributed by atoms with Crippen molar-refractivity contribution in [1.29, 1.82) is 0 Å². The first kappa shape index (κ1) is 17.4. The highest BCUT2D eigenvalue weighted by Crippen LogP contribution is 2.26. The molecule has 1 N–H and O–H groups in total. The average molecular weight is 369 g/mol. The normalized spacial score (nSPS) is 16.5. The summed E-state index contributed by atoms with van der Waals surface area (Å²) >= 11 is 11.6. The highest BCUT2D eigenvalue weighted by molar-refractivity contribution is 7.80. The van der Waals surface area contributed by atoms with Crippen LogP contribution < -0.4 is 10.2 Å². The number of allylic oxidation sites excluding steroid dienone is 2. The molecule has 0 atom stereocenters. The fourth-order valence-corrected chi connectivity index (χ4v) is 3.20. The third-order valence-corrected chi connectivity index (χ3v) is 4.38. The maximum Gasteiger partial charge on any atom is 0.281 e. The summed E-state index contributed by atoms with van der Waals surface area (Å²) in [6, 6.07) is 17.4. The zero-order valence-electron chi connectivity index (χ0n) is 13.7. The monoisotopic (exact) mass is 368 g/mol. The fourth-order valence-electron chi connectivity index (χ4n) is 2.67. The Kier molecular flexibility index (Phi) is 5.31. The van der Waals surface area contributed by atoms with Crippen LogP contribution in [0.15, 0.2) is 71.4 Å². The quantitative estimate of drug-likeness (QED) is 0.630. The fraction of sp³-hybridized carbons (Fsp3) is 0.100. The van der Waals surface area contributed by atoms with E-state index in [4.69, 9.17) is 23.8 Å². The first-order valence-electron chi connectivity index (χ1n) is 7.97. The molecule has 1 aliphatic rings. The van der Waals surface area contributed by atoms with Crippen molar-refractivity contribution in [2.24, 2.45) is 0 Å². The lowest BCUT2D eigenvalue weighted by Crippen LogP contribution is -2.31. The summed E-state index contributed by atoms with van der Waals surface area (Å²) in [4.78, 5) is 14.3. The smallest absolute Gasteiger partial charge is 0.281 e. The van der Waals surface area contributed by atoms with Crippen molar-refractivity contribution in [1.82, 2.24) is 5.32 Å². The number of carbonyl (C=O) groups excluding carboxylic acids is 1. The van der Waals surface area contributed by atoms with Gasteiger partial charge in [0.2, 0.25) is 0 Å². The maximum atomic E-state index is 12.8. The summed E-state index contributed by atoms with van der Waals surface area (Å²) < 4.78 is 0. The van der Waals surface area contributed by atoms with Gasteiger partial charge in [0.05, 0.1) is 5.69 Å². The molecule has 126 valence electrons. The molecule has 0 spiro atoms. The number of para-hydroxylation sites is 1. The number of carbonyl (C=O) groups is 1. The Labute approximate surface area is 157 Å². The molecule has 0 aromatic heterocycles. The van der Waals surface area contributed by atoms with E-state index in [-0.39, 0.29) is 5.91 Å². The molecule has 25 heavy (non-hydrogen) atoms. The van der Waals surface area contributed by atoms with E-state index in [1.165, 1.54) is 4.90 Å². The van der Waals surface area contributed by atoms with Gasteiger partial charge in [-0.1, -0.05) is 67.1 Å². The molecule has 0 radical (unpaired) electrons. The van der Waals surface area contributed by atoms with Crippen LogP contribution >= 0.6 is 23.8 Å². The Morgan fingerprint density at radius 3 is 2.56 bits per heavy atom. The van der Waals surface area contributed by atoms with Crippen molar-refractivity contribution in [2.75, 3.05) is 4.90 Å². The number of amides is 1. The van der Waals surface area contributed by atoms with Gasteiger partial charge >= 0.3 is 0 Å². The van der Waals surface area contributed by atoms with E-state index < -0.39 is 0 Å². The summed E-state index contributed by atoms with van der Waals surface area (Å²) in [5.74, 6) is -0.203. The van der Waals surface area contributed by atoms with E-state index in [1.807, 2.05) is 61.5 Å². The SMILES string of the molecule is CCc1ccccc1N1C(=O)/C(=C\C(Cl)=C\c2ccccc2)NC1=S. The van der Waals surface area contributed by atoms with Crippen LogP contribution in [-0.2, 0) is 11.2 Å². The largest absolute Gasteiger partial charge is 0.327 e. The summed E-state index contributed by atoms with van der Waals surface area (Å²) in [5.41, 5.74) is 3.20. The van der Waals surface area contributed by atoms with Crippen molar-refractivity contribution in [2.45, 2.75) is 13.3 Å². The van der Waals surface area contributed by atoms with E-state index >= 15 is 0 Å². The summed E-state index contributed by atoms with van der Waals surface area (Å²) in [6.07, 6.45) is 4.23. The van der Waals surface area contributed by atoms with Gasteiger partial charge in [-0.05, 0) is 48.0 Å². The molecule has 0 unspecified atom stereocenters. The summed E-state index contributed by atoms with van der Waals surface area (Å²) in [5, 5.41) is 3.78. The lowest BCUT2D eigenvalue weighted by molar-refractivity contribution is -0.113. The van der Waals surface area contributed by atoms with Crippen LogP contribution in [0.4, 0.5) is 5.69 Å². The highest BCUT2D eigenvalue weighted by atomic mass is 35.5. The molecule has 1 amide bonds. The van der Waals surface area contributed by atoms with Gasteiger partial charge < -0.3 is 5.32 Å². The maximum absolute atomic E-state index is 12.8.